The molecule has 1 unspecified atom stereocenters. The van der Waals surface area contributed by atoms with Crippen LogP contribution in [0.3, 0.4) is 0 Å². The molecule has 0 aromatic heterocycles. The van der Waals surface area contributed by atoms with E-state index in [-0.39, 0.29) is 17.4 Å². The fraction of sp³-hybridized carbons (Fsp3) is 0.381. The van der Waals surface area contributed by atoms with E-state index < -0.39 is 16.1 Å². The van der Waals surface area contributed by atoms with Crippen LogP contribution in [-0.4, -0.2) is 58.2 Å². The molecule has 2 aromatic carbocycles. The van der Waals surface area contributed by atoms with Gasteiger partial charge in [0.2, 0.25) is 6.10 Å². The van der Waals surface area contributed by atoms with Gasteiger partial charge in [0.1, 0.15) is 6.61 Å². The number of fused-ring (bicyclic) bond motifs is 1. The van der Waals surface area contributed by atoms with E-state index in [1.807, 2.05) is 19.1 Å². The van der Waals surface area contributed by atoms with Crippen LogP contribution in [0.1, 0.15) is 12.5 Å². The number of aryl methyl sites for hydroxylation is 1. The Labute approximate surface area is 175 Å². The molecule has 1 saturated heterocycles. The molecule has 1 fully saturated rings. The van der Waals surface area contributed by atoms with E-state index >= 15 is 0 Å². The molecule has 4 rings (SSSR count). The van der Waals surface area contributed by atoms with E-state index in [1.54, 1.807) is 17.0 Å². The van der Waals surface area contributed by atoms with E-state index in [2.05, 4.69) is 4.72 Å². The van der Waals surface area contributed by atoms with Crippen LogP contribution in [0, 0.1) is 0 Å². The van der Waals surface area contributed by atoms with Crippen LogP contribution in [0.4, 0.5) is 5.69 Å². The van der Waals surface area contributed by atoms with Crippen molar-refractivity contribution >= 4 is 21.6 Å². The number of carbonyl (C=O) groups is 1. The first-order valence-electron chi connectivity index (χ1n) is 9.88. The second-order valence-electron chi connectivity index (χ2n) is 7.12. The number of ether oxygens (including phenoxy) is 3. The lowest BCUT2D eigenvalue weighted by Gasteiger charge is -2.32. The van der Waals surface area contributed by atoms with Crippen LogP contribution in [0.15, 0.2) is 47.4 Å². The molecule has 2 aliphatic rings. The van der Waals surface area contributed by atoms with Gasteiger partial charge in [0, 0.05) is 24.8 Å². The maximum absolute atomic E-state index is 12.7. The molecule has 2 aliphatic heterocycles. The number of hydrogen-bond acceptors (Lipinski definition) is 6. The first-order chi connectivity index (χ1) is 14.5. The highest BCUT2D eigenvalue weighted by atomic mass is 32.2. The van der Waals surface area contributed by atoms with Crippen molar-refractivity contribution in [1.82, 2.24) is 4.90 Å². The third-order valence-corrected chi connectivity index (χ3v) is 6.48. The van der Waals surface area contributed by atoms with Gasteiger partial charge in [0.25, 0.3) is 15.9 Å². The molecule has 160 valence electrons. The molecule has 0 radical (unpaired) electrons. The molecule has 9 heteroatoms. The number of hydrogen-bond donors (Lipinski definition) is 1. The quantitative estimate of drug-likeness (QED) is 0.777. The Morgan fingerprint density at radius 2 is 1.83 bits per heavy atom. The lowest BCUT2D eigenvalue weighted by atomic mass is 10.2. The van der Waals surface area contributed by atoms with Gasteiger partial charge in [0.15, 0.2) is 11.5 Å². The summed E-state index contributed by atoms with van der Waals surface area (Å²) in [4.78, 5) is 14.3. The van der Waals surface area contributed by atoms with E-state index in [1.165, 1.54) is 18.2 Å². The number of benzene rings is 2. The van der Waals surface area contributed by atoms with Gasteiger partial charge in [-0.25, -0.2) is 8.42 Å². The molecule has 1 amide bonds. The van der Waals surface area contributed by atoms with Crippen molar-refractivity contribution in [3.63, 3.8) is 0 Å². The monoisotopic (exact) mass is 432 g/mol. The average Bonchev–Trinajstić information content (AvgIpc) is 2.78. The molecule has 2 aromatic rings. The van der Waals surface area contributed by atoms with Crippen LogP contribution < -0.4 is 14.2 Å². The fourth-order valence-corrected chi connectivity index (χ4v) is 4.42. The number of rotatable bonds is 5. The zero-order valence-corrected chi connectivity index (χ0v) is 17.5. The first kappa shape index (κ1) is 20.5. The minimum atomic E-state index is -3.79. The Bertz CT molecular complexity index is 1020. The van der Waals surface area contributed by atoms with Crippen molar-refractivity contribution in [3.8, 4) is 11.5 Å². The second kappa shape index (κ2) is 8.53. The van der Waals surface area contributed by atoms with Crippen molar-refractivity contribution in [1.29, 1.82) is 0 Å². The maximum atomic E-state index is 12.7. The number of carbonyl (C=O) groups excluding carboxylic acids is 1. The lowest BCUT2D eigenvalue weighted by molar-refractivity contribution is -0.145. The van der Waals surface area contributed by atoms with Gasteiger partial charge in [-0.3, -0.25) is 9.52 Å². The van der Waals surface area contributed by atoms with Crippen molar-refractivity contribution < 1.29 is 27.4 Å². The van der Waals surface area contributed by atoms with Crippen molar-refractivity contribution in [2.75, 3.05) is 37.6 Å². The molecule has 0 spiro atoms. The molecule has 1 atom stereocenters. The standard InChI is InChI=1S/C21H24N2O6S/c1-2-15-3-5-16(6-4-15)22-30(25,26)17-7-8-18-19(13-17)28-14-20(29-18)21(24)23-9-11-27-12-10-23/h3-8,13,20,22H,2,9-12,14H2,1H3. The van der Waals surface area contributed by atoms with Crippen molar-refractivity contribution in [2.45, 2.75) is 24.3 Å². The Morgan fingerprint density at radius 1 is 1.10 bits per heavy atom. The predicted octanol–water partition coefficient (Wildman–Crippen LogP) is 2.05. The highest BCUT2D eigenvalue weighted by Crippen LogP contribution is 2.34. The van der Waals surface area contributed by atoms with Gasteiger partial charge in [-0.05, 0) is 36.2 Å². The van der Waals surface area contributed by atoms with E-state index in [9.17, 15) is 13.2 Å². The van der Waals surface area contributed by atoms with E-state index in [4.69, 9.17) is 14.2 Å². The van der Waals surface area contributed by atoms with Gasteiger partial charge in [-0.1, -0.05) is 19.1 Å². The molecule has 0 saturated carbocycles. The Kier molecular flexibility index (Phi) is 5.83. The highest BCUT2D eigenvalue weighted by molar-refractivity contribution is 7.92. The largest absolute Gasteiger partial charge is 0.485 e. The summed E-state index contributed by atoms with van der Waals surface area (Å²) in [6, 6.07) is 11.6. The highest BCUT2D eigenvalue weighted by Gasteiger charge is 2.32. The smallest absolute Gasteiger partial charge is 0.267 e. The van der Waals surface area contributed by atoms with Gasteiger partial charge in [-0.2, -0.15) is 0 Å². The van der Waals surface area contributed by atoms with Crippen LogP contribution in [-0.2, 0) is 26.0 Å². The number of nitrogens with one attached hydrogen (secondary N) is 1. The summed E-state index contributed by atoms with van der Waals surface area (Å²) in [5.74, 6) is 0.488. The zero-order valence-electron chi connectivity index (χ0n) is 16.7. The second-order valence-corrected chi connectivity index (χ2v) is 8.80. The molecule has 1 N–H and O–H groups in total. The summed E-state index contributed by atoms with van der Waals surface area (Å²) in [5, 5.41) is 0. The molecule has 0 bridgehead atoms. The molecular formula is C21H24N2O6S. The van der Waals surface area contributed by atoms with Crippen molar-refractivity contribution in [3.05, 3.63) is 48.0 Å². The van der Waals surface area contributed by atoms with Gasteiger partial charge in [0.05, 0.1) is 18.1 Å². The topological polar surface area (TPSA) is 94.2 Å². The SMILES string of the molecule is CCc1ccc(NS(=O)(=O)c2ccc3c(c2)OCC(C(=O)N2CCOCC2)O3)cc1. The third kappa shape index (κ3) is 4.36. The number of nitrogens with zero attached hydrogens (tertiary/aromatic N) is 1. The zero-order chi connectivity index (χ0) is 21.1. The number of morpholine rings is 1. The minimum Gasteiger partial charge on any atom is -0.485 e. The van der Waals surface area contributed by atoms with Gasteiger partial charge in [-0.15, -0.1) is 0 Å². The normalized spacial score (nSPS) is 18.7. The summed E-state index contributed by atoms with van der Waals surface area (Å²) in [7, 11) is -3.79. The lowest BCUT2D eigenvalue weighted by Crippen LogP contribution is -2.50. The summed E-state index contributed by atoms with van der Waals surface area (Å²) in [6.45, 7) is 4.11. The first-order valence-corrected chi connectivity index (χ1v) is 11.4. The minimum absolute atomic E-state index is 0.0264. The van der Waals surface area contributed by atoms with Crippen LogP contribution in [0.5, 0.6) is 11.5 Å². The fourth-order valence-electron chi connectivity index (χ4n) is 3.35. The number of sulfonamides is 1. The van der Waals surface area contributed by atoms with Gasteiger partial charge < -0.3 is 19.1 Å². The van der Waals surface area contributed by atoms with Crippen LogP contribution in [0.2, 0.25) is 0 Å². The number of anilines is 1. The predicted molar refractivity (Wildman–Crippen MR) is 110 cm³/mol. The molecular weight excluding hydrogens is 408 g/mol. The van der Waals surface area contributed by atoms with E-state index in [0.29, 0.717) is 43.5 Å². The van der Waals surface area contributed by atoms with Crippen LogP contribution >= 0.6 is 0 Å². The van der Waals surface area contributed by atoms with Crippen molar-refractivity contribution in [2.24, 2.45) is 0 Å². The summed E-state index contributed by atoms with van der Waals surface area (Å²) in [6.07, 6.45) is 0.123. The Balaban J connectivity index is 1.47. The average molecular weight is 432 g/mol. The summed E-state index contributed by atoms with van der Waals surface area (Å²) < 4.78 is 44.8. The molecule has 0 aliphatic carbocycles. The van der Waals surface area contributed by atoms with Gasteiger partial charge >= 0.3 is 0 Å². The Morgan fingerprint density at radius 3 is 2.53 bits per heavy atom. The third-order valence-electron chi connectivity index (χ3n) is 5.10. The maximum Gasteiger partial charge on any atom is 0.267 e. The van der Waals surface area contributed by atoms with Crippen LogP contribution in [0.25, 0.3) is 0 Å². The summed E-state index contributed by atoms with van der Waals surface area (Å²) >= 11 is 0. The molecule has 2 heterocycles. The Hall–Kier alpha value is -2.78. The molecule has 8 nitrogen and oxygen atoms in total. The summed E-state index contributed by atoms with van der Waals surface area (Å²) in [5.41, 5.74) is 1.61. The van der Waals surface area contributed by atoms with E-state index in [0.717, 1.165) is 12.0 Å². The molecule has 30 heavy (non-hydrogen) atoms. The number of amides is 1.